The Bertz CT molecular complexity index is 339. The Balaban J connectivity index is 1.90. The number of rotatable bonds is 8. The maximum Gasteiger partial charge on any atom is 0.151 e. The molecule has 0 radical (unpaired) electrons. The fourth-order valence-electron chi connectivity index (χ4n) is 2.03. The van der Waals surface area contributed by atoms with Gasteiger partial charge in [0, 0.05) is 25.7 Å². The second-order valence-electron chi connectivity index (χ2n) is 5.03. The number of nitrogens with zero attached hydrogens (tertiary/aromatic N) is 3. The lowest BCUT2D eigenvalue weighted by Crippen LogP contribution is -2.26. The van der Waals surface area contributed by atoms with Crippen LogP contribution in [0.1, 0.15) is 45.2 Å². The topological polar surface area (TPSA) is 41.0 Å². The molecule has 0 amide bonds. The lowest BCUT2D eigenvalue weighted by atomic mass is 10.3. The smallest absolute Gasteiger partial charge is 0.151 e. The first-order valence-corrected chi connectivity index (χ1v) is 7.14. The van der Waals surface area contributed by atoms with Gasteiger partial charge in [0.25, 0.3) is 0 Å². The fraction of sp³-hybridized carbons (Fsp3) is 0.714. The zero-order valence-corrected chi connectivity index (χ0v) is 11.5. The number of anilines is 1. The Morgan fingerprint density at radius 2 is 1.89 bits per heavy atom. The van der Waals surface area contributed by atoms with Crippen LogP contribution in [0.15, 0.2) is 12.1 Å². The highest BCUT2D eigenvalue weighted by Crippen LogP contribution is 2.19. The molecule has 0 bridgehead atoms. The highest BCUT2D eigenvalue weighted by atomic mass is 15.3. The van der Waals surface area contributed by atoms with Crippen LogP contribution in [0.5, 0.6) is 0 Å². The van der Waals surface area contributed by atoms with Crippen molar-refractivity contribution in [3.05, 3.63) is 17.8 Å². The molecule has 0 aliphatic heterocycles. The van der Waals surface area contributed by atoms with Crippen LogP contribution in [0.2, 0.25) is 0 Å². The number of hydrogen-bond donors (Lipinski definition) is 1. The molecule has 2 rings (SSSR count). The molecule has 100 valence electrons. The van der Waals surface area contributed by atoms with Gasteiger partial charge < -0.3 is 10.2 Å². The van der Waals surface area contributed by atoms with Crippen molar-refractivity contribution in [2.75, 3.05) is 18.0 Å². The first kappa shape index (κ1) is 13.3. The summed E-state index contributed by atoms with van der Waals surface area (Å²) < 4.78 is 0. The van der Waals surface area contributed by atoms with Crippen LogP contribution < -0.4 is 10.2 Å². The van der Waals surface area contributed by atoms with E-state index in [1.54, 1.807) is 0 Å². The van der Waals surface area contributed by atoms with Crippen LogP contribution in [0, 0.1) is 0 Å². The van der Waals surface area contributed by atoms with Gasteiger partial charge in [-0.3, -0.25) is 0 Å². The van der Waals surface area contributed by atoms with Crippen LogP contribution in [-0.4, -0.2) is 29.3 Å². The summed E-state index contributed by atoms with van der Waals surface area (Å²) in [5.41, 5.74) is 1.04. The lowest BCUT2D eigenvalue weighted by molar-refractivity contribution is 0.660. The summed E-state index contributed by atoms with van der Waals surface area (Å²) in [7, 11) is 0. The third-order valence-corrected chi connectivity index (χ3v) is 3.17. The van der Waals surface area contributed by atoms with E-state index in [2.05, 4.69) is 46.4 Å². The lowest BCUT2D eigenvalue weighted by Gasteiger charge is -2.21. The van der Waals surface area contributed by atoms with Crippen molar-refractivity contribution in [3.63, 3.8) is 0 Å². The fourth-order valence-corrected chi connectivity index (χ4v) is 2.03. The molecule has 18 heavy (non-hydrogen) atoms. The van der Waals surface area contributed by atoms with Crippen LogP contribution in [0.4, 0.5) is 5.82 Å². The summed E-state index contributed by atoms with van der Waals surface area (Å²) in [6.07, 6.45) is 4.91. The molecule has 4 heteroatoms. The van der Waals surface area contributed by atoms with Crippen molar-refractivity contribution >= 4 is 5.82 Å². The molecule has 0 saturated heterocycles. The molecule has 0 atom stereocenters. The van der Waals surface area contributed by atoms with Crippen LogP contribution in [0.25, 0.3) is 0 Å². The molecule has 1 aromatic heterocycles. The van der Waals surface area contributed by atoms with E-state index < -0.39 is 0 Å². The average molecular weight is 248 g/mol. The maximum absolute atomic E-state index is 4.35. The summed E-state index contributed by atoms with van der Waals surface area (Å²) >= 11 is 0. The highest BCUT2D eigenvalue weighted by Gasteiger charge is 2.20. The summed E-state index contributed by atoms with van der Waals surface area (Å²) in [6.45, 7) is 7.36. The van der Waals surface area contributed by atoms with Crippen molar-refractivity contribution in [2.24, 2.45) is 0 Å². The van der Waals surface area contributed by atoms with E-state index in [4.69, 9.17) is 0 Å². The van der Waals surface area contributed by atoms with E-state index in [0.717, 1.165) is 50.0 Å². The Labute approximate surface area is 110 Å². The summed E-state index contributed by atoms with van der Waals surface area (Å²) in [6, 6.07) is 4.92. The SMILES string of the molecule is CCCN(CCC)c1ccc(CNC2CC2)nn1. The van der Waals surface area contributed by atoms with Crippen molar-refractivity contribution in [2.45, 2.75) is 52.1 Å². The minimum atomic E-state index is 0.725. The number of nitrogens with one attached hydrogen (secondary N) is 1. The average Bonchev–Trinajstić information content (AvgIpc) is 3.21. The molecule has 0 unspecified atom stereocenters. The molecular weight excluding hydrogens is 224 g/mol. The van der Waals surface area contributed by atoms with Gasteiger partial charge in [-0.15, -0.1) is 5.10 Å². The Morgan fingerprint density at radius 1 is 1.17 bits per heavy atom. The molecule has 1 saturated carbocycles. The quantitative estimate of drug-likeness (QED) is 0.767. The number of hydrogen-bond acceptors (Lipinski definition) is 4. The Hall–Kier alpha value is -1.16. The molecule has 1 aromatic rings. The highest BCUT2D eigenvalue weighted by molar-refractivity contribution is 5.37. The normalized spacial score (nSPS) is 14.8. The maximum atomic E-state index is 4.35. The van der Waals surface area contributed by atoms with Gasteiger partial charge in [-0.25, -0.2) is 0 Å². The van der Waals surface area contributed by atoms with Crippen molar-refractivity contribution in [1.82, 2.24) is 15.5 Å². The van der Waals surface area contributed by atoms with Gasteiger partial charge in [0.05, 0.1) is 5.69 Å². The molecular formula is C14H24N4. The Kier molecular flexibility index (Phi) is 4.93. The van der Waals surface area contributed by atoms with Crippen LogP contribution >= 0.6 is 0 Å². The van der Waals surface area contributed by atoms with Crippen LogP contribution in [0.3, 0.4) is 0 Å². The van der Waals surface area contributed by atoms with Gasteiger partial charge in [-0.1, -0.05) is 13.8 Å². The second kappa shape index (κ2) is 6.69. The van der Waals surface area contributed by atoms with Crippen molar-refractivity contribution in [3.8, 4) is 0 Å². The van der Waals surface area contributed by atoms with Gasteiger partial charge in [0.15, 0.2) is 5.82 Å². The predicted octanol–water partition coefficient (Wildman–Crippen LogP) is 2.36. The third-order valence-electron chi connectivity index (χ3n) is 3.17. The first-order chi connectivity index (χ1) is 8.83. The minimum Gasteiger partial charge on any atom is -0.355 e. The van der Waals surface area contributed by atoms with E-state index in [1.165, 1.54) is 12.8 Å². The zero-order chi connectivity index (χ0) is 12.8. The molecule has 0 spiro atoms. The summed E-state index contributed by atoms with van der Waals surface area (Å²) in [5, 5.41) is 12.1. The minimum absolute atomic E-state index is 0.725. The molecule has 1 aliphatic rings. The van der Waals surface area contributed by atoms with Gasteiger partial charge >= 0.3 is 0 Å². The van der Waals surface area contributed by atoms with E-state index in [9.17, 15) is 0 Å². The zero-order valence-electron chi connectivity index (χ0n) is 11.5. The standard InChI is InChI=1S/C14H24N4/c1-3-9-18(10-4-2)14-8-7-13(16-17-14)11-15-12-5-6-12/h7-8,12,15H,3-6,9-11H2,1-2H3. The monoisotopic (exact) mass is 248 g/mol. The van der Waals surface area contributed by atoms with E-state index in [0.29, 0.717) is 0 Å². The summed E-state index contributed by atoms with van der Waals surface area (Å²) in [4.78, 5) is 2.31. The Morgan fingerprint density at radius 3 is 2.39 bits per heavy atom. The summed E-state index contributed by atoms with van der Waals surface area (Å²) in [5.74, 6) is 1.01. The molecule has 1 aliphatic carbocycles. The molecule has 1 fully saturated rings. The molecule has 1 heterocycles. The predicted molar refractivity (Wildman–Crippen MR) is 74.7 cm³/mol. The second-order valence-corrected chi connectivity index (χ2v) is 5.03. The third kappa shape index (κ3) is 3.95. The first-order valence-electron chi connectivity index (χ1n) is 7.14. The van der Waals surface area contributed by atoms with Gasteiger partial charge in [0.2, 0.25) is 0 Å². The largest absolute Gasteiger partial charge is 0.355 e. The van der Waals surface area contributed by atoms with E-state index in [-0.39, 0.29) is 0 Å². The molecule has 4 nitrogen and oxygen atoms in total. The molecule has 0 aromatic carbocycles. The van der Waals surface area contributed by atoms with E-state index in [1.807, 2.05) is 0 Å². The van der Waals surface area contributed by atoms with Gasteiger partial charge in [-0.05, 0) is 37.8 Å². The van der Waals surface area contributed by atoms with Crippen molar-refractivity contribution < 1.29 is 0 Å². The van der Waals surface area contributed by atoms with Gasteiger partial charge in [0.1, 0.15) is 0 Å². The van der Waals surface area contributed by atoms with Crippen LogP contribution in [-0.2, 0) is 6.54 Å². The van der Waals surface area contributed by atoms with E-state index >= 15 is 0 Å². The molecule has 1 N–H and O–H groups in total. The number of aromatic nitrogens is 2. The van der Waals surface area contributed by atoms with Crippen molar-refractivity contribution in [1.29, 1.82) is 0 Å². The van der Waals surface area contributed by atoms with Gasteiger partial charge in [-0.2, -0.15) is 5.10 Å².